The second-order valence-corrected chi connectivity index (χ2v) is 14.4. The van der Waals surface area contributed by atoms with Gasteiger partial charge in [-0.3, -0.25) is 0 Å². The predicted molar refractivity (Wildman–Crippen MR) is 230 cm³/mol. The topological polar surface area (TPSA) is 69.9 Å². The highest BCUT2D eigenvalue weighted by atomic mass is 16.3. The van der Waals surface area contributed by atoms with Crippen LogP contribution in [0.15, 0.2) is 191 Å². The van der Waals surface area contributed by atoms with Crippen LogP contribution in [0.3, 0.4) is 0 Å². The minimum absolute atomic E-state index is 0.571. The SMILES string of the molecule is c1ccc(-c2cccc(-c3nc(-c4ccccc4)nc(-c4ccc5c(c4)oc4cccc(-n6c7ccccc7c7ccc8c9ccccc9oc8c76)c45)n3)c2)cc1. The number of hydrogen-bond donors (Lipinski definition) is 0. The van der Waals surface area contributed by atoms with Crippen LogP contribution in [0.5, 0.6) is 0 Å². The number of para-hydroxylation sites is 2. The lowest BCUT2D eigenvalue weighted by Crippen LogP contribution is -2.00. The van der Waals surface area contributed by atoms with Gasteiger partial charge < -0.3 is 13.4 Å². The van der Waals surface area contributed by atoms with Gasteiger partial charge in [-0.15, -0.1) is 0 Å². The third-order valence-electron chi connectivity index (χ3n) is 11.0. The molecule has 6 nitrogen and oxygen atoms in total. The van der Waals surface area contributed by atoms with Crippen molar-refractivity contribution in [2.24, 2.45) is 0 Å². The molecule has 0 aliphatic rings. The molecular weight excluding hydrogens is 701 g/mol. The molecule has 0 atom stereocenters. The zero-order valence-corrected chi connectivity index (χ0v) is 30.4. The summed E-state index contributed by atoms with van der Waals surface area (Å²) >= 11 is 0. The lowest BCUT2D eigenvalue weighted by atomic mass is 10.0. The van der Waals surface area contributed by atoms with Crippen molar-refractivity contribution in [2.45, 2.75) is 0 Å². The highest BCUT2D eigenvalue weighted by Crippen LogP contribution is 2.43. The fraction of sp³-hybridized carbons (Fsp3) is 0. The molecule has 266 valence electrons. The third kappa shape index (κ3) is 4.94. The molecule has 0 aliphatic heterocycles. The average Bonchev–Trinajstić information content (AvgIpc) is 3.96. The first kappa shape index (κ1) is 31.5. The first-order valence-corrected chi connectivity index (χ1v) is 19.0. The van der Waals surface area contributed by atoms with Crippen molar-refractivity contribution in [1.29, 1.82) is 0 Å². The van der Waals surface area contributed by atoms with E-state index in [1.165, 1.54) is 0 Å². The van der Waals surface area contributed by atoms with E-state index in [2.05, 4.69) is 132 Å². The maximum atomic E-state index is 6.70. The minimum Gasteiger partial charge on any atom is -0.456 e. The summed E-state index contributed by atoms with van der Waals surface area (Å²) in [6.45, 7) is 0. The van der Waals surface area contributed by atoms with Crippen molar-refractivity contribution < 1.29 is 8.83 Å². The number of fused-ring (bicyclic) bond motifs is 10. The summed E-state index contributed by atoms with van der Waals surface area (Å²) in [6, 6.07) is 62.6. The molecule has 0 saturated carbocycles. The Morgan fingerprint density at radius 1 is 0.351 bits per heavy atom. The first-order valence-electron chi connectivity index (χ1n) is 19.0. The Labute approximate surface area is 325 Å². The monoisotopic (exact) mass is 730 g/mol. The van der Waals surface area contributed by atoms with E-state index in [9.17, 15) is 0 Å². The lowest BCUT2D eigenvalue weighted by molar-refractivity contribution is 0.668. The average molecular weight is 731 g/mol. The number of hydrogen-bond acceptors (Lipinski definition) is 5. The second-order valence-electron chi connectivity index (χ2n) is 14.4. The van der Waals surface area contributed by atoms with Gasteiger partial charge in [-0.2, -0.15) is 0 Å². The van der Waals surface area contributed by atoms with Crippen LogP contribution in [0, 0.1) is 0 Å². The molecule has 0 saturated heterocycles. The molecule has 0 amide bonds. The summed E-state index contributed by atoms with van der Waals surface area (Å²) in [6.07, 6.45) is 0. The summed E-state index contributed by atoms with van der Waals surface area (Å²) in [5, 5.41) is 6.52. The van der Waals surface area contributed by atoms with Gasteiger partial charge >= 0.3 is 0 Å². The van der Waals surface area contributed by atoms with Gasteiger partial charge in [-0.05, 0) is 59.7 Å². The van der Waals surface area contributed by atoms with E-state index in [0.29, 0.717) is 17.5 Å². The molecule has 8 aromatic carbocycles. The maximum absolute atomic E-state index is 6.70. The zero-order valence-electron chi connectivity index (χ0n) is 30.4. The van der Waals surface area contributed by atoms with E-state index in [1.807, 2.05) is 54.6 Å². The Morgan fingerprint density at radius 2 is 0.947 bits per heavy atom. The molecule has 57 heavy (non-hydrogen) atoms. The van der Waals surface area contributed by atoms with Crippen LogP contribution in [0.4, 0.5) is 0 Å². The lowest BCUT2D eigenvalue weighted by Gasteiger charge is -2.10. The predicted octanol–water partition coefficient (Wildman–Crippen LogP) is 13.4. The van der Waals surface area contributed by atoms with Crippen molar-refractivity contribution in [2.75, 3.05) is 0 Å². The molecule has 0 aliphatic carbocycles. The Balaban J connectivity index is 1.06. The van der Waals surface area contributed by atoms with Crippen LogP contribution in [-0.4, -0.2) is 19.5 Å². The van der Waals surface area contributed by atoms with E-state index in [0.717, 1.165) is 99.2 Å². The molecule has 0 fully saturated rings. The zero-order chi connectivity index (χ0) is 37.5. The summed E-state index contributed by atoms with van der Waals surface area (Å²) in [5.74, 6) is 1.78. The number of furan rings is 2. The number of benzene rings is 8. The van der Waals surface area contributed by atoms with E-state index >= 15 is 0 Å². The second kappa shape index (κ2) is 12.3. The van der Waals surface area contributed by atoms with Crippen LogP contribution in [0.2, 0.25) is 0 Å². The standard InChI is InChI=1S/C51H30N4O2/c1-3-13-31(14-4-1)33-17-11-18-34(29-33)50-52-49(32-15-5-2-6-16-32)53-51(54-50)35-25-26-40-45(30-35)56-44-24-12-22-42(46(40)44)55-41-21-9-7-19-36(41)38-27-28-39-37-20-8-10-23-43(37)57-48(39)47(38)55/h1-30H. The molecule has 4 heterocycles. The smallest absolute Gasteiger partial charge is 0.164 e. The quantitative estimate of drug-likeness (QED) is 0.176. The van der Waals surface area contributed by atoms with Crippen molar-refractivity contribution in [3.8, 4) is 51.0 Å². The van der Waals surface area contributed by atoms with Gasteiger partial charge in [0, 0.05) is 43.6 Å². The Bertz CT molecular complexity index is 3530. The largest absolute Gasteiger partial charge is 0.456 e. The normalized spacial score (nSPS) is 11.9. The molecule has 12 rings (SSSR count). The summed E-state index contributed by atoms with van der Waals surface area (Å²) < 4.78 is 15.7. The van der Waals surface area contributed by atoms with Crippen molar-refractivity contribution >= 4 is 65.7 Å². The molecular formula is C51H30N4O2. The number of aromatic nitrogens is 4. The van der Waals surface area contributed by atoms with E-state index in [1.54, 1.807) is 0 Å². The van der Waals surface area contributed by atoms with Gasteiger partial charge in [0.2, 0.25) is 0 Å². The molecule has 0 bridgehead atoms. The van der Waals surface area contributed by atoms with Gasteiger partial charge in [0.15, 0.2) is 23.1 Å². The highest BCUT2D eigenvalue weighted by molar-refractivity contribution is 6.22. The Kier molecular flexibility index (Phi) is 6.83. The van der Waals surface area contributed by atoms with Crippen LogP contribution in [-0.2, 0) is 0 Å². The van der Waals surface area contributed by atoms with Gasteiger partial charge in [0.25, 0.3) is 0 Å². The first-order chi connectivity index (χ1) is 28.2. The molecule has 0 radical (unpaired) electrons. The molecule has 0 N–H and O–H groups in total. The maximum Gasteiger partial charge on any atom is 0.164 e. The van der Waals surface area contributed by atoms with E-state index < -0.39 is 0 Å². The van der Waals surface area contributed by atoms with E-state index in [4.69, 9.17) is 23.8 Å². The van der Waals surface area contributed by atoms with Gasteiger partial charge in [-0.1, -0.05) is 133 Å². The third-order valence-corrected chi connectivity index (χ3v) is 11.0. The molecule has 12 aromatic rings. The minimum atomic E-state index is 0.571. The van der Waals surface area contributed by atoms with Gasteiger partial charge in [-0.25, -0.2) is 15.0 Å². The molecule has 0 unspecified atom stereocenters. The van der Waals surface area contributed by atoms with Crippen LogP contribution in [0.25, 0.3) is 117 Å². The molecule has 6 heteroatoms. The van der Waals surface area contributed by atoms with Crippen LogP contribution >= 0.6 is 0 Å². The van der Waals surface area contributed by atoms with Crippen LogP contribution < -0.4 is 0 Å². The van der Waals surface area contributed by atoms with Crippen molar-refractivity contribution in [3.05, 3.63) is 182 Å². The summed E-state index contributed by atoms with van der Waals surface area (Å²) in [5.41, 5.74) is 11.3. The van der Waals surface area contributed by atoms with Crippen molar-refractivity contribution in [3.63, 3.8) is 0 Å². The molecule has 0 spiro atoms. The Morgan fingerprint density at radius 3 is 1.77 bits per heavy atom. The molecule has 4 aromatic heterocycles. The Hall–Kier alpha value is -7.83. The fourth-order valence-corrected chi connectivity index (χ4v) is 8.43. The number of nitrogens with zero attached hydrogens (tertiary/aromatic N) is 4. The van der Waals surface area contributed by atoms with Crippen molar-refractivity contribution in [1.82, 2.24) is 19.5 Å². The fourth-order valence-electron chi connectivity index (χ4n) is 8.43. The summed E-state index contributed by atoms with van der Waals surface area (Å²) in [7, 11) is 0. The van der Waals surface area contributed by atoms with Crippen LogP contribution in [0.1, 0.15) is 0 Å². The number of rotatable bonds is 5. The van der Waals surface area contributed by atoms with Gasteiger partial charge in [0.05, 0.1) is 22.1 Å². The highest BCUT2D eigenvalue weighted by Gasteiger charge is 2.22. The summed E-state index contributed by atoms with van der Waals surface area (Å²) in [4.78, 5) is 15.1. The van der Waals surface area contributed by atoms with Gasteiger partial charge in [0.1, 0.15) is 16.7 Å². The van der Waals surface area contributed by atoms with E-state index in [-0.39, 0.29) is 0 Å².